The van der Waals surface area contributed by atoms with Gasteiger partial charge in [-0.25, -0.2) is 9.78 Å². The number of halogens is 2. The van der Waals surface area contributed by atoms with E-state index in [1.807, 2.05) is 0 Å². The number of aromatic nitrogens is 2. The molecular weight excluding hydrogens is 250 g/mol. The van der Waals surface area contributed by atoms with Crippen LogP contribution in [0.15, 0.2) is 12.5 Å². The Kier molecular flexibility index (Phi) is 4.32. The number of hydrogen-bond donors (Lipinski definition) is 4. The second-order valence-electron chi connectivity index (χ2n) is 3.54. The van der Waals surface area contributed by atoms with E-state index in [2.05, 4.69) is 9.97 Å². The fourth-order valence-corrected chi connectivity index (χ4v) is 1.17. The lowest BCUT2D eigenvalue weighted by molar-refractivity contribution is -0.150. The number of nitrogens with zero attached hydrogens (tertiary/aromatic N) is 1. The maximum atomic E-state index is 12.9. The first-order chi connectivity index (χ1) is 8.36. The Hall–Kier alpha value is -2.03. The Labute approximate surface area is 100 Å². The van der Waals surface area contributed by atoms with Crippen LogP contribution in [0.25, 0.3) is 0 Å². The number of nitrogens with two attached hydrogens (primary N) is 1. The van der Waals surface area contributed by atoms with Crippen LogP contribution in [0, 0.1) is 0 Å². The van der Waals surface area contributed by atoms with E-state index in [9.17, 15) is 18.4 Å². The average Bonchev–Trinajstić information content (AvgIpc) is 2.80. The number of aliphatic carboxylic acids is 1. The summed E-state index contributed by atoms with van der Waals surface area (Å²) in [4.78, 5) is 28.3. The molecule has 5 N–H and O–H groups in total. The topological polar surface area (TPSA) is 121 Å². The molecule has 100 valence electrons. The number of rotatable bonds is 6. The largest absolute Gasteiger partial charge is 0.480 e. The van der Waals surface area contributed by atoms with Gasteiger partial charge in [-0.3, -0.25) is 4.79 Å². The molecule has 1 atom stereocenters. The highest BCUT2D eigenvalue weighted by atomic mass is 19.3. The molecule has 0 radical (unpaired) electrons. The van der Waals surface area contributed by atoms with Crippen LogP contribution in [-0.2, 0) is 16.0 Å². The predicted molar refractivity (Wildman–Crippen MR) is 55.9 cm³/mol. The van der Waals surface area contributed by atoms with Gasteiger partial charge in [0.05, 0.1) is 18.6 Å². The smallest absolute Gasteiger partial charge is 0.336 e. The van der Waals surface area contributed by atoms with Crippen LogP contribution in [0.1, 0.15) is 5.69 Å². The van der Waals surface area contributed by atoms with E-state index >= 15 is 0 Å². The summed E-state index contributed by atoms with van der Waals surface area (Å²) in [5, 5.41) is 10.6. The number of carbonyl (C=O) groups excluding carboxylic acids is 1. The van der Waals surface area contributed by atoms with E-state index in [4.69, 9.17) is 10.8 Å². The minimum absolute atomic E-state index is 0.203. The van der Waals surface area contributed by atoms with Gasteiger partial charge in [-0.1, -0.05) is 0 Å². The van der Waals surface area contributed by atoms with Crippen molar-refractivity contribution in [3.05, 3.63) is 18.2 Å². The third-order valence-corrected chi connectivity index (χ3v) is 2.16. The molecule has 1 aromatic heterocycles. The fraction of sp³-hybridized carbons (Fsp3) is 0.444. The number of carbonyl (C=O) groups is 2. The van der Waals surface area contributed by atoms with Crippen molar-refractivity contribution in [3.63, 3.8) is 0 Å². The number of imidazole rings is 1. The molecule has 9 heteroatoms. The lowest BCUT2D eigenvalue weighted by Gasteiger charge is -2.18. The Morgan fingerprint density at radius 3 is 2.72 bits per heavy atom. The third kappa shape index (κ3) is 3.48. The zero-order chi connectivity index (χ0) is 13.8. The molecule has 0 spiro atoms. The molecule has 1 amide bonds. The SMILES string of the molecule is NCC(F)(F)C(=O)N[C@@H](Cc1c[nH]cn1)C(=O)O. The van der Waals surface area contributed by atoms with Crippen LogP contribution < -0.4 is 11.1 Å². The molecule has 0 unspecified atom stereocenters. The molecule has 0 aliphatic heterocycles. The molecule has 0 fully saturated rings. The van der Waals surface area contributed by atoms with Gasteiger partial charge in [0.25, 0.3) is 5.91 Å². The third-order valence-electron chi connectivity index (χ3n) is 2.16. The molecule has 0 aliphatic rings. The van der Waals surface area contributed by atoms with Crippen molar-refractivity contribution in [1.82, 2.24) is 15.3 Å². The number of aromatic amines is 1. The first-order valence-electron chi connectivity index (χ1n) is 4.96. The molecule has 18 heavy (non-hydrogen) atoms. The van der Waals surface area contributed by atoms with E-state index in [-0.39, 0.29) is 6.42 Å². The van der Waals surface area contributed by atoms with Crippen molar-refractivity contribution < 1.29 is 23.5 Å². The summed E-state index contributed by atoms with van der Waals surface area (Å²) in [6.07, 6.45) is 2.51. The van der Waals surface area contributed by atoms with Gasteiger partial charge in [-0.15, -0.1) is 0 Å². The number of nitrogens with one attached hydrogen (secondary N) is 2. The van der Waals surface area contributed by atoms with Crippen molar-refractivity contribution in [2.45, 2.75) is 18.4 Å². The Morgan fingerprint density at radius 2 is 2.28 bits per heavy atom. The monoisotopic (exact) mass is 262 g/mol. The van der Waals surface area contributed by atoms with Crippen molar-refractivity contribution in [2.24, 2.45) is 5.73 Å². The minimum Gasteiger partial charge on any atom is -0.480 e. The number of alkyl halides is 2. The molecule has 7 nitrogen and oxygen atoms in total. The van der Waals surface area contributed by atoms with Crippen molar-refractivity contribution in [2.75, 3.05) is 6.54 Å². The number of amides is 1. The highest BCUT2D eigenvalue weighted by Crippen LogP contribution is 2.11. The molecule has 0 aliphatic carbocycles. The van der Waals surface area contributed by atoms with Crippen LogP contribution in [-0.4, -0.2) is 45.5 Å². The zero-order valence-electron chi connectivity index (χ0n) is 9.19. The van der Waals surface area contributed by atoms with Crippen molar-refractivity contribution >= 4 is 11.9 Å². The van der Waals surface area contributed by atoms with E-state index in [1.54, 1.807) is 5.32 Å². The van der Waals surface area contributed by atoms with Crippen LogP contribution in [0.4, 0.5) is 8.78 Å². The van der Waals surface area contributed by atoms with Gasteiger partial charge in [-0.2, -0.15) is 8.78 Å². The van der Waals surface area contributed by atoms with E-state index in [0.717, 1.165) is 0 Å². The number of hydrogen-bond acceptors (Lipinski definition) is 4. The van der Waals surface area contributed by atoms with Crippen molar-refractivity contribution in [3.8, 4) is 0 Å². The maximum absolute atomic E-state index is 12.9. The van der Waals surface area contributed by atoms with Crippen LogP contribution >= 0.6 is 0 Å². The summed E-state index contributed by atoms with van der Waals surface area (Å²) in [7, 11) is 0. The van der Waals surface area contributed by atoms with Crippen molar-refractivity contribution in [1.29, 1.82) is 0 Å². The van der Waals surface area contributed by atoms with E-state index in [0.29, 0.717) is 5.69 Å². The molecule has 1 aromatic rings. The molecule has 1 rings (SSSR count). The number of carboxylic acids is 1. The first-order valence-corrected chi connectivity index (χ1v) is 4.96. The van der Waals surface area contributed by atoms with Crippen LogP contribution in [0.5, 0.6) is 0 Å². The standard InChI is InChI=1S/C9H12F2N4O3/c10-9(11,3-12)8(18)15-6(7(16)17)1-5-2-13-4-14-5/h2,4,6H,1,3,12H2,(H,13,14)(H,15,18)(H,16,17)/t6-/m0/s1. The number of carboxylic acid groups (broad SMARTS) is 1. The minimum atomic E-state index is -3.79. The maximum Gasteiger partial charge on any atom is 0.336 e. The van der Waals surface area contributed by atoms with Gasteiger partial charge >= 0.3 is 11.9 Å². The number of H-pyrrole nitrogens is 1. The van der Waals surface area contributed by atoms with Gasteiger partial charge in [0.1, 0.15) is 6.04 Å². The second-order valence-corrected chi connectivity index (χ2v) is 3.54. The van der Waals surface area contributed by atoms with Gasteiger partial charge < -0.3 is 21.1 Å². The summed E-state index contributed by atoms with van der Waals surface area (Å²) < 4.78 is 25.8. The van der Waals surface area contributed by atoms with Gasteiger partial charge in [0.2, 0.25) is 0 Å². The summed E-state index contributed by atoms with van der Waals surface area (Å²) in [6.45, 7) is -1.19. The molecular formula is C9H12F2N4O3. The Morgan fingerprint density at radius 1 is 1.61 bits per heavy atom. The van der Waals surface area contributed by atoms with Gasteiger partial charge in [-0.05, 0) is 0 Å². The van der Waals surface area contributed by atoms with Crippen LogP contribution in [0.3, 0.4) is 0 Å². The molecule has 0 saturated carbocycles. The Bertz CT molecular complexity index is 421. The Balaban J connectivity index is 2.70. The molecule has 0 saturated heterocycles. The highest BCUT2D eigenvalue weighted by Gasteiger charge is 2.39. The quantitative estimate of drug-likeness (QED) is 0.530. The fourth-order valence-electron chi connectivity index (χ4n) is 1.17. The summed E-state index contributed by atoms with van der Waals surface area (Å²) in [5.74, 6) is -6.94. The summed E-state index contributed by atoms with van der Waals surface area (Å²) in [5.41, 5.74) is 5.05. The van der Waals surface area contributed by atoms with Crippen LogP contribution in [0.2, 0.25) is 0 Å². The summed E-state index contributed by atoms with van der Waals surface area (Å²) in [6, 6.07) is -1.49. The lowest BCUT2D eigenvalue weighted by Crippen LogP contribution is -2.52. The average molecular weight is 262 g/mol. The van der Waals surface area contributed by atoms with Gasteiger partial charge in [0.15, 0.2) is 0 Å². The molecule has 0 aromatic carbocycles. The highest BCUT2D eigenvalue weighted by molar-refractivity contribution is 5.88. The second kappa shape index (κ2) is 5.54. The lowest BCUT2D eigenvalue weighted by atomic mass is 10.1. The molecule has 1 heterocycles. The van der Waals surface area contributed by atoms with Gasteiger partial charge in [0, 0.05) is 12.6 Å². The van der Waals surface area contributed by atoms with E-state index in [1.165, 1.54) is 12.5 Å². The molecule has 0 bridgehead atoms. The first kappa shape index (κ1) is 14.0. The van der Waals surface area contributed by atoms with E-state index < -0.39 is 30.4 Å². The zero-order valence-corrected chi connectivity index (χ0v) is 9.19. The summed E-state index contributed by atoms with van der Waals surface area (Å²) >= 11 is 0. The predicted octanol–water partition coefficient (Wildman–Crippen LogP) is -0.884. The normalized spacial score (nSPS) is 13.1.